The van der Waals surface area contributed by atoms with Crippen molar-refractivity contribution in [1.29, 1.82) is 0 Å². The summed E-state index contributed by atoms with van der Waals surface area (Å²) in [6.45, 7) is 1.27. The Hall–Kier alpha value is -0.0900. The highest BCUT2D eigenvalue weighted by Gasteiger charge is 2.14. The van der Waals surface area contributed by atoms with E-state index in [-0.39, 0.29) is 5.91 Å². The van der Waals surface area contributed by atoms with Gasteiger partial charge in [-0.2, -0.15) is 0 Å². The highest BCUT2D eigenvalue weighted by molar-refractivity contribution is 9.09. The van der Waals surface area contributed by atoms with Gasteiger partial charge in [0.2, 0.25) is 5.91 Å². The van der Waals surface area contributed by atoms with E-state index in [9.17, 15) is 4.79 Å². The molecule has 0 heterocycles. The Kier molecular flexibility index (Phi) is 5.39. The normalized spacial score (nSPS) is 17.6. The summed E-state index contributed by atoms with van der Waals surface area (Å²) in [7, 11) is 0. The second kappa shape index (κ2) is 6.38. The van der Waals surface area contributed by atoms with Gasteiger partial charge in [-0.1, -0.05) is 28.8 Å². The smallest absolute Gasteiger partial charge is 0.230 e. The predicted octanol–water partition coefficient (Wildman–Crippen LogP) is 1.46. The van der Waals surface area contributed by atoms with Crippen molar-refractivity contribution in [3.63, 3.8) is 0 Å². The average molecular weight is 250 g/mol. The van der Waals surface area contributed by atoms with Crippen LogP contribution in [0.3, 0.4) is 0 Å². The van der Waals surface area contributed by atoms with Gasteiger partial charge >= 0.3 is 0 Å². The fraction of sp³-hybridized carbons (Fsp3) is 0.889. The molecule has 0 aliphatic heterocycles. The molecule has 1 rings (SSSR count). The fourth-order valence-corrected chi connectivity index (χ4v) is 1.72. The lowest BCUT2D eigenvalue weighted by Crippen LogP contribution is -2.29. The van der Waals surface area contributed by atoms with Crippen LogP contribution in [-0.4, -0.2) is 30.5 Å². The second-order valence-corrected chi connectivity index (χ2v) is 3.82. The lowest BCUT2D eigenvalue weighted by atomic mass is 10.3. The van der Waals surface area contributed by atoms with Crippen LogP contribution in [-0.2, 0) is 9.53 Å². The number of rotatable bonds is 5. The van der Waals surface area contributed by atoms with Crippen molar-refractivity contribution in [3.8, 4) is 0 Å². The van der Waals surface area contributed by atoms with Crippen LogP contribution in [0.1, 0.15) is 25.7 Å². The molecule has 1 amide bonds. The molecule has 0 aromatic rings. The summed E-state index contributed by atoms with van der Waals surface area (Å²) >= 11 is 3.08. The van der Waals surface area contributed by atoms with Crippen molar-refractivity contribution in [2.24, 2.45) is 0 Å². The van der Waals surface area contributed by atoms with Crippen molar-refractivity contribution in [1.82, 2.24) is 5.32 Å². The first-order chi connectivity index (χ1) is 6.33. The van der Waals surface area contributed by atoms with E-state index in [1.54, 1.807) is 0 Å². The van der Waals surface area contributed by atoms with Crippen molar-refractivity contribution in [3.05, 3.63) is 0 Å². The van der Waals surface area contributed by atoms with Crippen LogP contribution in [0.15, 0.2) is 0 Å². The van der Waals surface area contributed by atoms with Gasteiger partial charge in [-0.3, -0.25) is 4.79 Å². The van der Waals surface area contributed by atoms with Crippen molar-refractivity contribution < 1.29 is 9.53 Å². The van der Waals surface area contributed by atoms with Crippen LogP contribution in [0, 0.1) is 0 Å². The van der Waals surface area contributed by atoms with E-state index in [1.165, 1.54) is 25.7 Å². The number of halogens is 1. The van der Waals surface area contributed by atoms with E-state index in [0.717, 1.165) is 0 Å². The number of carbonyl (C=O) groups excluding carboxylic acids is 1. The minimum atomic E-state index is 0.0232. The van der Waals surface area contributed by atoms with Gasteiger partial charge in [-0.15, -0.1) is 0 Å². The van der Waals surface area contributed by atoms with Crippen LogP contribution in [0.25, 0.3) is 0 Å². The number of hydrogen-bond acceptors (Lipinski definition) is 2. The Bertz CT molecular complexity index is 158. The lowest BCUT2D eigenvalue weighted by molar-refractivity contribution is -0.118. The molecule has 0 saturated heterocycles. The molecule has 0 unspecified atom stereocenters. The van der Waals surface area contributed by atoms with Gasteiger partial charge in [-0.05, 0) is 12.8 Å². The number of hydrogen-bond donors (Lipinski definition) is 1. The van der Waals surface area contributed by atoms with Crippen LogP contribution in [0.4, 0.5) is 0 Å². The average Bonchev–Trinajstić information content (AvgIpc) is 2.64. The monoisotopic (exact) mass is 249 g/mol. The Labute approximate surface area is 87.3 Å². The molecule has 0 aromatic heterocycles. The maximum Gasteiger partial charge on any atom is 0.230 e. The first kappa shape index (κ1) is 11.0. The zero-order chi connectivity index (χ0) is 9.52. The Morgan fingerprint density at radius 1 is 1.46 bits per heavy atom. The van der Waals surface area contributed by atoms with Crippen molar-refractivity contribution in [2.75, 3.05) is 18.5 Å². The Balaban J connectivity index is 1.91. The molecule has 0 aromatic carbocycles. The van der Waals surface area contributed by atoms with Crippen LogP contribution >= 0.6 is 15.9 Å². The van der Waals surface area contributed by atoms with Crippen LogP contribution in [0.5, 0.6) is 0 Å². The summed E-state index contributed by atoms with van der Waals surface area (Å²) in [5.74, 6) is 0.0232. The first-order valence-electron chi connectivity index (χ1n) is 4.77. The number of amides is 1. The van der Waals surface area contributed by atoms with E-state index in [0.29, 0.717) is 24.6 Å². The molecular weight excluding hydrogens is 234 g/mol. The molecule has 13 heavy (non-hydrogen) atoms. The van der Waals surface area contributed by atoms with Crippen LogP contribution in [0.2, 0.25) is 0 Å². The first-order valence-corrected chi connectivity index (χ1v) is 5.89. The third kappa shape index (κ3) is 4.62. The van der Waals surface area contributed by atoms with Gasteiger partial charge < -0.3 is 10.1 Å². The summed E-state index contributed by atoms with van der Waals surface area (Å²) in [5, 5.41) is 3.12. The van der Waals surface area contributed by atoms with Crippen molar-refractivity contribution in [2.45, 2.75) is 31.8 Å². The molecule has 0 spiro atoms. The third-order valence-corrected chi connectivity index (χ3v) is 2.71. The van der Waals surface area contributed by atoms with Crippen molar-refractivity contribution >= 4 is 21.8 Å². The minimum Gasteiger partial charge on any atom is -0.376 e. The molecule has 3 nitrogen and oxygen atoms in total. The fourth-order valence-electron chi connectivity index (χ4n) is 1.52. The van der Waals surface area contributed by atoms with E-state index in [1.807, 2.05) is 0 Å². The SMILES string of the molecule is O=C(CBr)NCCOC1CCCC1. The predicted molar refractivity (Wildman–Crippen MR) is 55.0 cm³/mol. The van der Waals surface area contributed by atoms with Gasteiger partial charge in [0, 0.05) is 6.54 Å². The van der Waals surface area contributed by atoms with Gasteiger partial charge in [0.15, 0.2) is 0 Å². The number of alkyl halides is 1. The summed E-state index contributed by atoms with van der Waals surface area (Å²) in [5.41, 5.74) is 0. The van der Waals surface area contributed by atoms with Gasteiger partial charge in [0.05, 0.1) is 18.0 Å². The summed E-state index contributed by atoms with van der Waals surface area (Å²) in [6.07, 6.45) is 5.40. The highest BCUT2D eigenvalue weighted by atomic mass is 79.9. The zero-order valence-electron chi connectivity index (χ0n) is 7.72. The second-order valence-electron chi connectivity index (χ2n) is 3.26. The lowest BCUT2D eigenvalue weighted by Gasteiger charge is -2.10. The maximum atomic E-state index is 10.8. The largest absolute Gasteiger partial charge is 0.376 e. The standard InChI is InChI=1S/C9H16BrNO2/c10-7-9(12)11-5-6-13-8-3-1-2-4-8/h8H,1-7H2,(H,11,12). The molecule has 0 bridgehead atoms. The summed E-state index contributed by atoms with van der Waals surface area (Å²) in [4.78, 5) is 10.8. The molecule has 76 valence electrons. The van der Waals surface area contributed by atoms with E-state index in [4.69, 9.17) is 4.74 Å². The third-order valence-electron chi connectivity index (χ3n) is 2.20. The Morgan fingerprint density at radius 2 is 2.15 bits per heavy atom. The molecule has 4 heteroatoms. The topological polar surface area (TPSA) is 38.3 Å². The molecule has 1 aliphatic carbocycles. The molecule has 1 aliphatic rings. The zero-order valence-corrected chi connectivity index (χ0v) is 9.31. The number of carbonyl (C=O) groups is 1. The Morgan fingerprint density at radius 3 is 2.77 bits per heavy atom. The molecular formula is C9H16BrNO2. The quantitative estimate of drug-likeness (QED) is 0.592. The minimum absolute atomic E-state index is 0.0232. The summed E-state index contributed by atoms with van der Waals surface area (Å²) in [6, 6.07) is 0. The van der Waals surface area contributed by atoms with E-state index >= 15 is 0 Å². The molecule has 1 saturated carbocycles. The summed E-state index contributed by atoms with van der Waals surface area (Å²) < 4.78 is 5.57. The van der Waals surface area contributed by atoms with Gasteiger partial charge in [0.1, 0.15) is 0 Å². The maximum absolute atomic E-state index is 10.8. The molecule has 0 atom stereocenters. The van der Waals surface area contributed by atoms with Gasteiger partial charge in [-0.25, -0.2) is 0 Å². The number of nitrogens with one attached hydrogen (secondary N) is 1. The molecule has 1 N–H and O–H groups in total. The van der Waals surface area contributed by atoms with Gasteiger partial charge in [0.25, 0.3) is 0 Å². The molecule has 0 radical (unpaired) electrons. The van der Waals surface area contributed by atoms with E-state index in [2.05, 4.69) is 21.2 Å². The highest BCUT2D eigenvalue weighted by Crippen LogP contribution is 2.20. The molecule has 1 fully saturated rings. The number of ether oxygens (including phenoxy) is 1. The van der Waals surface area contributed by atoms with E-state index < -0.39 is 0 Å². The van der Waals surface area contributed by atoms with Crippen LogP contribution < -0.4 is 5.32 Å².